The van der Waals surface area contributed by atoms with Gasteiger partial charge >= 0.3 is 0 Å². The largest absolute Gasteiger partial charge is 0.356 e. The molecule has 0 aliphatic heterocycles. The molecule has 146 valence electrons. The zero-order valence-corrected chi connectivity index (χ0v) is 15.2. The summed E-state index contributed by atoms with van der Waals surface area (Å²) in [6.07, 6.45) is -0.380. The van der Waals surface area contributed by atoms with Crippen molar-refractivity contribution in [2.75, 3.05) is 6.54 Å². The van der Waals surface area contributed by atoms with Crippen LogP contribution in [0.3, 0.4) is 0 Å². The Morgan fingerprint density at radius 1 is 1.15 bits per heavy atom. The van der Waals surface area contributed by atoms with Crippen LogP contribution < -0.4 is 10.7 Å². The SMILES string of the molecule is C/C(CC(=O)NCC(C)C)=N/NC(=O)Cc1ccc([N+](=O)[O-])cc1[N+](=O)[O-]. The van der Waals surface area contributed by atoms with Gasteiger partial charge in [0, 0.05) is 23.9 Å². The summed E-state index contributed by atoms with van der Waals surface area (Å²) in [5.41, 5.74) is 1.64. The minimum absolute atomic E-state index is 0.00464. The number of non-ortho nitro benzene ring substituents is 1. The van der Waals surface area contributed by atoms with Gasteiger partial charge in [-0.15, -0.1) is 0 Å². The molecule has 0 aliphatic carbocycles. The van der Waals surface area contributed by atoms with E-state index < -0.39 is 27.1 Å². The fourth-order valence-electron chi connectivity index (χ4n) is 2.01. The van der Waals surface area contributed by atoms with Crippen molar-refractivity contribution in [3.63, 3.8) is 0 Å². The third-order valence-electron chi connectivity index (χ3n) is 3.32. The first kappa shape index (κ1) is 21.7. The van der Waals surface area contributed by atoms with Gasteiger partial charge in [-0.2, -0.15) is 5.10 Å². The maximum absolute atomic E-state index is 11.9. The molecule has 1 aromatic carbocycles. The van der Waals surface area contributed by atoms with E-state index >= 15 is 0 Å². The predicted molar refractivity (Wildman–Crippen MR) is 97.2 cm³/mol. The summed E-state index contributed by atoms with van der Waals surface area (Å²) in [5, 5.41) is 28.3. The van der Waals surface area contributed by atoms with Crippen molar-refractivity contribution in [3.8, 4) is 0 Å². The molecule has 1 aromatic rings. The molecule has 2 N–H and O–H groups in total. The average Bonchev–Trinajstić information content (AvgIpc) is 2.58. The van der Waals surface area contributed by atoms with Crippen LogP contribution in [0.15, 0.2) is 23.3 Å². The summed E-state index contributed by atoms with van der Waals surface area (Å²) in [4.78, 5) is 43.8. The summed E-state index contributed by atoms with van der Waals surface area (Å²) in [6, 6.07) is 3.05. The monoisotopic (exact) mass is 379 g/mol. The van der Waals surface area contributed by atoms with Crippen molar-refractivity contribution in [1.82, 2.24) is 10.7 Å². The van der Waals surface area contributed by atoms with Crippen LogP contribution in [-0.4, -0.2) is 33.9 Å². The van der Waals surface area contributed by atoms with Crippen molar-refractivity contribution in [2.24, 2.45) is 11.0 Å². The Hall–Kier alpha value is -3.37. The molecule has 1 rings (SSSR count). The minimum atomic E-state index is -0.788. The average molecular weight is 379 g/mol. The Labute approximate surface area is 155 Å². The molecule has 0 unspecified atom stereocenters. The van der Waals surface area contributed by atoms with Gasteiger partial charge in [-0.25, -0.2) is 5.43 Å². The van der Waals surface area contributed by atoms with Crippen molar-refractivity contribution in [3.05, 3.63) is 44.0 Å². The van der Waals surface area contributed by atoms with Crippen LogP contribution in [0.2, 0.25) is 0 Å². The summed E-state index contributed by atoms with van der Waals surface area (Å²) < 4.78 is 0. The highest BCUT2D eigenvalue weighted by Crippen LogP contribution is 2.24. The number of nitrogens with zero attached hydrogens (tertiary/aromatic N) is 3. The number of hydrogen-bond acceptors (Lipinski definition) is 7. The second-order valence-electron chi connectivity index (χ2n) is 6.26. The normalized spacial score (nSPS) is 11.2. The highest BCUT2D eigenvalue weighted by Gasteiger charge is 2.21. The first-order valence-corrected chi connectivity index (χ1v) is 8.10. The van der Waals surface area contributed by atoms with Gasteiger partial charge in [0.15, 0.2) is 0 Å². The molecular formula is C16H21N5O6. The van der Waals surface area contributed by atoms with Crippen LogP contribution in [0.4, 0.5) is 11.4 Å². The zero-order valence-electron chi connectivity index (χ0n) is 15.2. The Kier molecular flexibility index (Phi) is 7.98. The lowest BCUT2D eigenvalue weighted by Crippen LogP contribution is -2.29. The summed E-state index contributed by atoms with van der Waals surface area (Å²) in [7, 11) is 0. The fraction of sp³-hybridized carbons (Fsp3) is 0.438. The Bertz CT molecular complexity index is 775. The van der Waals surface area contributed by atoms with Crippen molar-refractivity contribution in [1.29, 1.82) is 0 Å². The summed E-state index contributed by atoms with van der Waals surface area (Å²) >= 11 is 0. The topological polar surface area (TPSA) is 157 Å². The zero-order chi connectivity index (χ0) is 20.6. The van der Waals surface area contributed by atoms with Crippen LogP contribution in [0.1, 0.15) is 32.8 Å². The number of rotatable bonds is 9. The Balaban J connectivity index is 2.70. The highest BCUT2D eigenvalue weighted by atomic mass is 16.6. The second kappa shape index (κ2) is 9.94. The molecule has 11 nitrogen and oxygen atoms in total. The first-order valence-electron chi connectivity index (χ1n) is 8.10. The maximum atomic E-state index is 11.9. The first-order chi connectivity index (χ1) is 12.6. The molecule has 0 saturated carbocycles. The number of nitrogens with one attached hydrogen (secondary N) is 2. The predicted octanol–water partition coefficient (Wildman–Crippen LogP) is 1.70. The standard InChI is InChI=1S/C16H21N5O6/c1-10(2)9-17-15(22)6-11(3)18-19-16(23)7-12-4-5-13(20(24)25)8-14(12)21(26)27/h4-5,8,10H,6-7,9H2,1-3H3,(H,17,22)(H,19,23)/b18-11-. The van der Waals surface area contributed by atoms with Gasteiger partial charge < -0.3 is 5.32 Å². The molecule has 0 aliphatic rings. The minimum Gasteiger partial charge on any atom is -0.356 e. The number of carbonyl (C=O) groups excluding carboxylic acids is 2. The third-order valence-corrected chi connectivity index (χ3v) is 3.32. The van der Waals surface area contributed by atoms with E-state index in [4.69, 9.17) is 0 Å². The van der Waals surface area contributed by atoms with Gasteiger partial charge in [0.25, 0.3) is 11.4 Å². The maximum Gasteiger partial charge on any atom is 0.279 e. The van der Waals surface area contributed by atoms with E-state index in [0.717, 1.165) is 18.2 Å². The Morgan fingerprint density at radius 3 is 2.37 bits per heavy atom. The second-order valence-corrected chi connectivity index (χ2v) is 6.26. The van der Waals surface area contributed by atoms with Gasteiger partial charge in [0.05, 0.1) is 28.8 Å². The number of hydrazone groups is 1. The highest BCUT2D eigenvalue weighted by molar-refractivity contribution is 6.00. The van der Waals surface area contributed by atoms with Crippen LogP contribution in [0.5, 0.6) is 0 Å². The van der Waals surface area contributed by atoms with Crippen LogP contribution in [0.25, 0.3) is 0 Å². The molecular weight excluding hydrogens is 358 g/mol. The van der Waals surface area contributed by atoms with Gasteiger partial charge in [-0.05, 0) is 18.9 Å². The molecule has 0 atom stereocenters. The molecule has 0 saturated heterocycles. The van der Waals surface area contributed by atoms with Gasteiger partial charge in [0.2, 0.25) is 11.8 Å². The number of hydrogen-bond donors (Lipinski definition) is 2. The van der Waals surface area contributed by atoms with E-state index in [0.29, 0.717) is 18.2 Å². The van der Waals surface area contributed by atoms with E-state index in [1.165, 1.54) is 0 Å². The Morgan fingerprint density at radius 2 is 1.81 bits per heavy atom. The number of carbonyl (C=O) groups is 2. The lowest BCUT2D eigenvalue weighted by Gasteiger charge is -2.07. The number of nitro benzene ring substituents is 2. The van der Waals surface area contributed by atoms with E-state index in [9.17, 15) is 29.8 Å². The lowest BCUT2D eigenvalue weighted by atomic mass is 10.1. The molecule has 0 fully saturated rings. The van der Waals surface area contributed by atoms with Gasteiger partial charge in [-0.3, -0.25) is 29.8 Å². The molecule has 0 bridgehead atoms. The van der Waals surface area contributed by atoms with Crippen LogP contribution >= 0.6 is 0 Å². The molecule has 0 heterocycles. The fourth-order valence-corrected chi connectivity index (χ4v) is 2.01. The molecule has 2 amide bonds. The van der Waals surface area contributed by atoms with E-state index in [-0.39, 0.29) is 24.3 Å². The van der Waals surface area contributed by atoms with Crippen LogP contribution in [-0.2, 0) is 16.0 Å². The number of benzene rings is 1. The van der Waals surface area contributed by atoms with Gasteiger partial charge in [0.1, 0.15) is 0 Å². The number of nitro groups is 2. The van der Waals surface area contributed by atoms with E-state index in [2.05, 4.69) is 15.8 Å². The smallest absolute Gasteiger partial charge is 0.279 e. The van der Waals surface area contributed by atoms with Gasteiger partial charge in [-0.1, -0.05) is 13.8 Å². The van der Waals surface area contributed by atoms with Crippen molar-refractivity contribution in [2.45, 2.75) is 33.6 Å². The molecule has 11 heteroatoms. The van der Waals surface area contributed by atoms with Crippen LogP contribution in [0, 0.1) is 26.1 Å². The quantitative estimate of drug-likeness (QED) is 0.378. The molecule has 0 aromatic heterocycles. The molecule has 0 spiro atoms. The lowest BCUT2D eigenvalue weighted by molar-refractivity contribution is -0.394. The van der Waals surface area contributed by atoms with Crippen molar-refractivity contribution >= 4 is 28.9 Å². The van der Waals surface area contributed by atoms with E-state index in [1.54, 1.807) is 6.92 Å². The molecule has 0 radical (unpaired) electrons. The third kappa shape index (κ3) is 7.59. The van der Waals surface area contributed by atoms with E-state index in [1.807, 2.05) is 13.8 Å². The molecule has 27 heavy (non-hydrogen) atoms. The van der Waals surface area contributed by atoms with Crippen molar-refractivity contribution < 1.29 is 19.4 Å². The number of amides is 2. The summed E-state index contributed by atoms with van der Waals surface area (Å²) in [6.45, 7) is 6.00. The summed E-state index contributed by atoms with van der Waals surface area (Å²) in [5.74, 6) is -0.567.